The van der Waals surface area contributed by atoms with Gasteiger partial charge in [0.25, 0.3) is 0 Å². The molecule has 2 aliphatic heterocycles. The summed E-state index contributed by atoms with van der Waals surface area (Å²) in [5.41, 5.74) is 2.49. The lowest BCUT2D eigenvalue weighted by atomic mass is 9.94. The summed E-state index contributed by atoms with van der Waals surface area (Å²) < 4.78 is 40.6. The van der Waals surface area contributed by atoms with Gasteiger partial charge in [-0.2, -0.15) is 4.31 Å². The molecular weight excluding hydrogens is 376 g/mol. The molecule has 0 radical (unpaired) electrons. The number of sulfonamides is 1. The molecule has 0 atom stereocenters. The molecule has 1 aromatic heterocycles. The van der Waals surface area contributed by atoms with Crippen LogP contribution in [0.1, 0.15) is 24.5 Å². The van der Waals surface area contributed by atoms with Gasteiger partial charge in [0.15, 0.2) is 11.5 Å². The van der Waals surface area contributed by atoms with E-state index in [1.807, 2.05) is 12.1 Å². The topological polar surface area (TPSA) is 60.8 Å². The first-order valence-electron chi connectivity index (χ1n) is 9.48. The van der Waals surface area contributed by atoms with Gasteiger partial charge in [0.05, 0.1) is 4.90 Å². The minimum absolute atomic E-state index is 0.134. The molecular formula is C21H22N2O4S. The predicted octanol–water partition coefficient (Wildman–Crippen LogP) is 3.48. The van der Waals surface area contributed by atoms with E-state index in [9.17, 15) is 8.42 Å². The average molecular weight is 398 g/mol. The molecule has 3 heterocycles. The van der Waals surface area contributed by atoms with Crippen molar-refractivity contribution in [1.29, 1.82) is 0 Å². The highest BCUT2D eigenvalue weighted by atomic mass is 32.2. The van der Waals surface area contributed by atoms with Gasteiger partial charge in [-0.25, -0.2) is 8.42 Å². The average Bonchev–Trinajstić information content (AvgIpc) is 3.32. The Kier molecular flexibility index (Phi) is 4.10. The first-order valence-corrected chi connectivity index (χ1v) is 10.9. The van der Waals surface area contributed by atoms with Crippen molar-refractivity contribution in [2.45, 2.75) is 23.7 Å². The number of nitrogens with zero attached hydrogens (tertiary/aromatic N) is 2. The minimum atomic E-state index is -3.53. The first-order chi connectivity index (χ1) is 13.5. The Bertz CT molecular complexity index is 1140. The van der Waals surface area contributed by atoms with E-state index in [1.54, 1.807) is 22.5 Å². The fourth-order valence-electron chi connectivity index (χ4n) is 4.28. The summed E-state index contributed by atoms with van der Waals surface area (Å²) in [6.07, 6.45) is 1.63. The van der Waals surface area contributed by atoms with Crippen LogP contribution in [0.15, 0.2) is 53.4 Å². The van der Waals surface area contributed by atoms with Gasteiger partial charge in [0, 0.05) is 43.3 Å². The highest BCUT2D eigenvalue weighted by molar-refractivity contribution is 7.89. The molecule has 0 unspecified atom stereocenters. The van der Waals surface area contributed by atoms with E-state index >= 15 is 0 Å². The highest BCUT2D eigenvalue weighted by Crippen LogP contribution is 2.37. The molecule has 0 aliphatic carbocycles. The fourth-order valence-corrected chi connectivity index (χ4v) is 5.77. The number of benzene rings is 2. The maximum atomic E-state index is 13.1. The Hall–Kier alpha value is -2.51. The number of rotatable bonds is 3. The Morgan fingerprint density at radius 3 is 2.50 bits per heavy atom. The van der Waals surface area contributed by atoms with Gasteiger partial charge in [-0.05, 0) is 42.5 Å². The summed E-state index contributed by atoms with van der Waals surface area (Å²) in [7, 11) is -1.44. The lowest BCUT2D eigenvalue weighted by Gasteiger charge is -2.31. The van der Waals surface area contributed by atoms with Gasteiger partial charge in [0.2, 0.25) is 16.8 Å². The molecule has 0 amide bonds. The van der Waals surface area contributed by atoms with Crippen molar-refractivity contribution < 1.29 is 17.9 Å². The zero-order chi connectivity index (χ0) is 19.3. The smallest absolute Gasteiger partial charge is 0.243 e. The molecule has 0 N–H and O–H groups in total. The SMILES string of the molecule is Cn1c(C2CCN(S(=O)(=O)c3ccc4c(c3)OCO4)CC2)cc2ccccc21. The summed E-state index contributed by atoms with van der Waals surface area (Å²) in [5.74, 6) is 1.44. The largest absolute Gasteiger partial charge is 0.454 e. The zero-order valence-electron chi connectivity index (χ0n) is 15.7. The van der Waals surface area contributed by atoms with Crippen LogP contribution >= 0.6 is 0 Å². The molecule has 2 aromatic carbocycles. The van der Waals surface area contributed by atoms with Gasteiger partial charge < -0.3 is 14.0 Å². The normalized spacial score (nSPS) is 18.0. The predicted molar refractivity (Wildman–Crippen MR) is 106 cm³/mol. The maximum Gasteiger partial charge on any atom is 0.243 e. The van der Waals surface area contributed by atoms with Crippen LogP contribution in [0.5, 0.6) is 11.5 Å². The van der Waals surface area contributed by atoms with Gasteiger partial charge in [0.1, 0.15) is 0 Å². The highest BCUT2D eigenvalue weighted by Gasteiger charge is 2.32. The Labute approximate surface area is 164 Å². The van der Waals surface area contributed by atoms with E-state index in [1.165, 1.54) is 16.6 Å². The van der Waals surface area contributed by atoms with E-state index in [-0.39, 0.29) is 11.7 Å². The van der Waals surface area contributed by atoms with Crippen molar-refractivity contribution in [2.75, 3.05) is 19.9 Å². The number of aryl methyl sites for hydroxylation is 1. The van der Waals surface area contributed by atoms with E-state index in [0.717, 1.165) is 12.8 Å². The Balaban J connectivity index is 1.35. The standard InChI is InChI=1S/C21H22N2O4S/c1-22-18-5-3-2-4-16(18)12-19(22)15-8-10-23(11-9-15)28(24,25)17-6-7-20-21(13-17)27-14-26-20/h2-7,12-13,15H,8-11,14H2,1H3. The summed E-state index contributed by atoms with van der Waals surface area (Å²) in [4.78, 5) is 0.264. The van der Waals surface area contributed by atoms with E-state index in [2.05, 4.69) is 29.8 Å². The second-order valence-electron chi connectivity index (χ2n) is 7.38. The molecule has 1 fully saturated rings. The lowest BCUT2D eigenvalue weighted by Crippen LogP contribution is -2.38. The van der Waals surface area contributed by atoms with Gasteiger partial charge >= 0.3 is 0 Å². The van der Waals surface area contributed by atoms with Crippen LogP contribution in [0.4, 0.5) is 0 Å². The number of hydrogen-bond donors (Lipinski definition) is 0. The van der Waals surface area contributed by atoms with Crippen LogP contribution in [-0.2, 0) is 17.1 Å². The number of fused-ring (bicyclic) bond motifs is 2. The third kappa shape index (κ3) is 2.77. The summed E-state index contributed by atoms with van der Waals surface area (Å²) in [5, 5.41) is 1.23. The van der Waals surface area contributed by atoms with Crippen LogP contribution in [0, 0.1) is 0 Å². The summed E-state index contributed by atoms with van der Waals surface area (Å²) in [6, 6.07) is 15.4. The van der Waals surface area contributed by atoms with Crippen LogP contribution in [0.2, 0.25) is 0 Å². The third-order valence-corrected chi connectivity index (χ3v) is 7.74. The summed E-state index contributed by atoms with van der Waals surface area (Å²) >= 11 is 0. The third-order valence-electron chi connectivity index (χ3n) is 5.84. The molecule has 6 nitrogen and oxygen atoms in total. The molecule has 146 valence electrons. The number of ether oxygens (including phenoxy) is 2. The second-order valence-corrected chi connectivity index (χ2v) is 9.32. The number of para-hydroxylation sites is 1. The van der Waals surface area contributed by atoms with Crippen LogP contribution in [0.3, 0.4) is 0 Å². The van der Waals surface area contributed by atoms with Crippen molar-refractivity contribution in [1.82, 2.24) is 8.87 Å². The Morgan fingerprint density at radius 2 is 1.71 bits per heavy atom. The van der Waals surface area contributed by atoms with Crippen molar-refractivity contribution >= 4 is 20.9 Å². The summed E-state index contributed by atoms with van der Waals surface area (Å²) in [6.45, 7) is 1.17. The van der Waals surface area contributed by atoms with Crippen LogP contribution in [-0.4, -0.2) is 37.2 Å². The molecule has 7 heteroatoms. The van der Waals surface area contributed by atoms with E-state index < -0.39 is 10.0 Å². The van der Waals surface area contributed by atoms with Crippen LogP contribution < -0.4 is 9.47 Å². The number of piperidine rings is 1. The molecule has 3 aromatic rings. The zero-order valence-corrected chi connectivity index (χ0v) is 16.5. The fraction of sp³-hybridized carbons (Fsp3) is 0.333. The van der Waals surface area contributed by atoms with Gasteiger partial charge in [-0.1, -0.05) is 18.2 Å². The molecule has 0 bridgehead atoms. The first kappa shape index (κ1) is 17.6. The molecule has 2 aliphatic rings. The molecule has 28 heavy (non-hydrogen) atoms. The molecule has 5 rings (SSSR count). The van der Waals surface area contributed by atoms with Crippen molar-refractivity contribution in [3.8, 4) is 11.5 Å². The molecule has 1 saturated heterocycles. The number of hydrogen-bond acceptors (Lipinski definition) is 4. The minimum Gasteiger partial charge on any atom is -0.454 e. The van der Waals surface area contributed by atoms with Crippen molar-refractivity contribution in [3.63, 3.8) is 0 Å². The second kappa shape index (κ2) is 6.53. The number of aromatic nitrogens is 1. The van der Waals surface area contributed by atoms with Gasteiger partial charge in [-0.3, -0.25) is 0 Å². The monoisotopic (exact) mass is 398 g/mol. The lowest BCUT2D eigenvalue weighted by molar-refractivity contribution is 0.174. The van der Waals surface area contributed by atoms with E-state index in [4.69, 9.17) is 9.47 Å². The quantitative estimate of drug-likeness (QED) is 0.678. The van der Waals surface area contributed by atoms with E-state index in [0.29, 0.717) is 30.5 Å². The Morgan fingerprint density at radius 1 is 0.964 bits per heavy atom. The van der Waals surface area contributed by atoms with Crippen LogP contribution in [0.25, 0.3) is 10.9 Å². The maximum absolute atomic E-state index is 13.1. The van der Waals surface area contributed by atoms with Crippen molar-refractivity contribution in [2.24, 2.45) is 7.05 Å². The molecule has 0 saturated carbocycles. The van der Waals surface area contributed by atoms with Gasteiger partial charge in [-0.15, -0.1) is 0 Å². The molecule has 0 spiro atoms. The van der Waals surface area contributed by atoms with Crippen molar-refractivity contribution in [3.05, 3.63) is 54.2 Å².